The summed E-state index contributed by atoms with van der Waals surface area (Å²) in [7, 11) is 1.49. The summed E-state index contributed by atoms with van der Waals surface area (Å²) in [5.41, 5.74) is 0.315. The Balaban J connectivity index is 3.30. The Morgan fingerprint density at radius 2 is 2.36 bits per heavy atom. The van der Waals surface area contributed by atoms with E-state index in [1.807, 2.05) is 0 Å². The number of carbonyl (C=O) groups is 1. The fourth-order valence-corrected chi connectivity index (χ4v) is 1.06. The van der Waals surface area contributed by atoms with Crippen LogP contribution in [0.1, 0.15) is 10.4 Å². The molecule has 4 nitrogen and oxygen atoms in total. The topological polar surface area (TPSA) is 58.9 Å². The van der Waals surface area contributed by atoms with Crippen LogP contribution < -0.4 is 4.74 Å². The van der Waals surface area contributed by atoms with E-state index in [4.69, 9.17) is 9.84 Å². The predicted molar refractivity (Wildman–Crippen MR) is 54.6 cm³/mol. The van der Waals surface area contributed by atoms with Crippen LogP contribution in [0.15, 0.2) is 23.2 Å². The van der Waals surface area contributed by atoms with Gasteiger partial charge in [-0.05, 0) is 24.4 Å². The molecule has 0 saturated heterocycles. The molecular formula is C9H7NO3S. The fraction of sp³-hybridized carbons (Fsp3) is 0.111. The van der Waals surface area contributed by atoms with Crippen LogP contribution in [0.25, 0.3) is 0 Å². The third-order valence-corrected chi connectivity index (χ3v) is 1.69. The smallest absolute Gasteiger partial charge is 0.337 e. The molecule has 0 aliphatic heterocycles. The number of ether oxygens (including phenoxy) is 1. The number of thiocarbonyl (C=S) groups is 1. The molecule has 1 aromatic rings. The van der Waals surface area contributed by atoms with Crippen LogP contribution in [0, 0.1) is 0 Å². The maximum absolute atomic E-state index is 10.7. The Bertz CT molecular complexity index is 411. The van der Waals surface area contributed by atoms with Crippen molar-refractivity contribution in [3.63, 3.8) is 0 Å². The van der Waals surface area contributed by atoms with E-state index in [-0.39, 0.29) is 11.3 Å². The number of nitrogens with zero attached hydrogens (tertiary/aromatic N) is 1. The number of aliphatic imine (C=N–C) groups is 1. The van der Waals surface area contributed by atoms with Crippen molar-refractivity contribution in [3.05, 3.63) is 23.8 Å². The molecule has 72 valence electrons. The quantitative estimate of drug-likeness (QED) is 0.612. The summed E-state index contributed by atoms with van der Waals surface area (Å²) >= 11 is 4.41. The zero-order valence-corrected chi connectivity index (χ0v) is 8.17. The van der Waals surface area contributed by atoms with Gasteiger partial charge in [0.1, 0.15) is 5.75 Å². The minimum absolute atomic E-state index is 0.0724. The van der Waals surface area contributed by atoms with Gasteiger partial charge >= 0.3 is 5.97 Å². The van der Waals surface area contributed by atoms with Crippen molar-refractivity contribution in [1.29, 1.82) is 0 Å². The van der Waals surface area contributed by atoms with E-state index in [9.17, 15) is 4.79 Å². The lowest BCUT2D eigenvalue weighted by Crippen LogP contribution is -1.96. The minimum atomic E-state index is -1.06. The maximum atomic E-state index is 10.7. The Morgan fingerprint density at radius 3 is 2.86 bits per heavy atom. The van der Waals surface area contributed by atoms with E-state index >= 15 is 0 Å². The van der Waals surface area contributed by atoms with Crippen molar-refractivity contribution < 1.29 is 14.6 Å². The first kappa shape index (κ1) is 10.4. The molecule has 1 N–H and O–H groups in total. The van der Waals surface area contributed by atoms with Crippen LogP contribution in [0.3, 0.4) is 0 Å². The Labute approximate surface area is 85.8 Å². The lowest BCUT2D eigenvalue weighted by molar-refractivity contribution is 0.0698. The van der Waals surface area contributed by atoms with Gasteiger partial charge in [-0.25, -0.2) is 4.79 Å². The third kappa shape index (κ3) is 2.16. The molecule has 0 atom stereocenters. The zero-order chi connectivity index (χ0) is 10.6. The maximum Gasteiger partial charge on any atom is 0.337 e. The standard InChI is InChI=1S/C9H7NO3S/c1-13-6-2-3-7(9(11)12)8(4-6)10-5-14/h2-4H,1H3,(H,11,12). The van der Waals surface area contributed by atoms with Crippen molar-refractivity contribution in [1.82, 2.24) is 0 Å². The average molecular weight is 209 g/mol. The van der Waals surface area contributed by atoms with Gasteiger partial charge in [-0.15, -0.1) is 0 Å². The van der Waals surface area contributed by atoms with Crippen LogP contribution in [-0.4, -0.2) is 23.3 Å². The highest BCUT2D eigenvalue weighted by Crippen LogP contribution is 2.24. The van der Waals surface area contributed by atoms with Gasteiger partial charge in [-0.1, -0.05) is 0 Å². The van der Waals surface area contributed by atoms with Crippen LogP contribution in [0.2, 0.25) is 0 Å². The number of hydrogen-bond acceptors (Lipinski definition) is 4. The predicted octanol–water partition coefficient (Wildman–Crippen LogP) is 2.13. The number of methoxy groups -OCH3 is 1. The van der Waals surface area contributed by atoms with E-state index in [0.29, 0.717) is 5.75 Å². The van der Waals surface area contributed by atoms with Gasteiger partial charge in [-0.2, -0.15) is 4.99 Å². The van der Waals surface area contributed by atoms with Gasteiger partial charge in [0, 0.05) is 6.07 Å². The number of aromatic carboxylic acids is 1. The number of carboxylic acid groups (broad SMARTS) is 1. The van der Waals surface area contributed by atoms with Gasteiger partial charge in [-0.3, -0.25) is 0 Å². The fourth-order valence-electron chi connectivity index (χ4n) is 0.961. The van der Waals surface area contributed by atoms with Crippen LogP contribution in [-0.2, 0) is 0 Å². The van der Waals surface area contributed by atoms with Gasteiger partial charge in [0.05, 0.1) is 23.5 Å². The Hall–Kier alpha value is -1.71. The molecule has 1 aromatic carbocycles. The monoisotopic (exact) mass is 209 g/mol. The molecule has 1 rings (SSSR count). The first-order chi connectivity index (χ1) is 6.69. The van der Waals surface area contributed by atoms with Gasteiger partial charge in [0.25, 0.3) is 0 Å². The molecule has 0 aliphatic carbocycles. The van der Waals surface area contributed by atoms with E-state index in [0.717, 1.165) is 0 Å². The van der Waals surface area contributed by atoms with Crippen LogP contribution >= 0.6 is 12.2 Å². The van der Waals surface area contributed by atoms with Crippen LogP contribution in [0.5, 0.6) is 5.75 Å². The first-order valence-corrected chi connectivity index (χ1v) is 4.09. The summed E-state index contributed by atoms with van der Waals surface area (Å²) in [5.74, 6) is -0.532. The molecule has 0 fully saturated rings. The van der Waals surface area contributed by atoms with Crippen LogP contribution in [0.4, 0.5) is 5.69 Å². The van der Waals surface area contributed by atoms with Gasteiger partial charge < -0.3 is 9.84 Å². The summed E-state index contributed by atoms with van der Waals surface area (Å²) < 4.78 is 4.92. The second-order valence-corrected chi connectivity index (χ2v) is 2.57. The van der Waals surface area contributed by atoms with E-state index in [2.05, 4.69) is 22.4 Å². The van der Waals surface area contributed by atoms with Crippen molar-refractivity contribution in [2.75, 3.05) is 7.11 Å². The van der Waals surface area contributed by atoms with Crippen molar-refractivity contribution >= 4 is 29.0 Å². The highest BCUT2D eigenvalue weighted by Gasteiger charge is 2.09. The summed E-state index contributed by atoms with van der Waals surface area (Å²) in [6, 6.07) is 4.45. The largest absolute Gasteiger partial charge is 0.497 e. The molecule has 0 amide bonds. The summed E-state index contributed by atoms with van der Waals surface area (Å²) in [6.45, 7) is 0. The molecule has 0 heterocycles. The van der Waals surface area contributed by atoms with Gasteiger partial charge in [0.2, 0.25) is 0 Å². The molecule has 0 bridgehead atoms. The third-order valence-electron chi connectivity index (χ3n) is 1.60. The molecule has 0 saturated carbocycles. The van der Waals surface area contributed by atoms with Crippen molar-refractivity contribution in [2.24, 2.45) is 4.99 Å². The SMILES string of the molecule is COc1ccc(C(=O)O)c(N=C=S)c1. The van der Waals surface area contributed by atoms with E-state index < -0.39 is 5.97 Å². The first-order valence-electron chi connectivity index (χ1n) is 3.68. The lowest BCUT2D eigenvalue weighted by atomic mass is 10.2. The lowest BCUT2D eigenvalue weighted by Gasteiger charge is -2.02. The molecule has 5 heteroatoms. The molecule has 0 aliphatic rings. The summed E-state index contributed by atoms with van der Waals surface area (Å²) in [6.07, 6.45) is 0. The molecule has 0 unspecified atom stereocenters. The molecular weight excluding hydrogens is 202 g/mol. The number of isothiocyanates is 1. The highest BCUT2D eigenvalue weighted by molar-refractivity contribution is 7.78. The number of carboxylic acids is 1. The molecule has 0 spiro atoms. The minimum Gasteiger partial charge on any atom is -0.497 e. The highest BCUT2D eigenvalue weighted by atomic mass is 32.1. The molecule has 0 radical (unpaired) electrons. The van der Waals surface area contributed by atoms with E-state index in [1.54, 1.807) is 6.07 Å². The normalized spacial score (nSPS) is 8.93. The van der Waals surface area contributed by atoms with Gasteiger partial charge in [0.15, 0.2) is 0 Å². The number of benzene rings is 1. The summed E-state index contributed by atoms with van der Waals surface area (Å²) in [4.78, 5) is 14.4. The van der Waals surface area contributed by atoms with Crippen molar-refractivity contribution in [3.8, 4) is 5.75 Å². The second-order valence-electron chi connectivity index (χ2n) is 2.39. The van der Waals surface area contributed by atoms with Crippen molar-refractivity contribution in [2.45, 2.75) is 0 Å². The molecule has 14 heavy (non-hydrogen) atoms. The number of hydrogen-bond donors (Lipinski definition) is 1. The zero-order valence-electron chi connectivity index (χ0n) is 7.35. The summed E-state index contributed by atoms with van der Waals surface area (Å²) in [5, 5.41) is 10.9. The van der Waals surface area contributed by atoms with E-state index in [1.165, 1.54) is 19.2 Å². The Morgan fingerprint density at radius 1 is 1.64 bits per heavy atom. The number of rotatable bonds is 3. The Kier molecular flexibility index (Phi) is 3.34. The molecule has 0 aromatic heterocycles. The second kappa shape index (κ2) is 4.50. The average Bonchev–Trinajstić information content (AvgIpc) is 2.17.